The second-order valence-corrected chi connectivity index (χ2v) is 5.53. The van der Waals surface area contributed by atoms with E-state index in [9.17, 15) is 19.6 Å². The van der Waals surface area contributed by atoms with Gasteiger partial charge in [-0.05, 0) is 35.9 Å². The van der Waals surface area contributed by atoms with Gasteiger partial charge in [-0.2, -0.15) is 5.26 Å². The summed E-state index contributed by atoms with van der Waals surface area (Å²) in [5.74, 6) is -1.41. The van der Waals surface area contributed by atoms with Crippen molar-refractivity contribution >= 4 is 28.7 Å². The molecular formula is C20H14FN3O3. The highest BCUT2D eigenvalue weighted by Gasteiger charge is 2.14. The molecule has 0 spiro atoms. The van der Waals surface area contributed by atoms with E-state index in [0.717, 1.165) is 6.08 Å². The van der Waals surface area contributed by atoms with Gasteiger partial charge in [-0.3, -0.25) is 0 Å². The first-order valence-corrected chi connectivity index (χ1v) is 7.94. The number of aromatic amines is 1. The van der Waals surface area contributed by atoms with Crippen molar-refractivity contribution in [2.45, 2.75) is 0 Å². The van der Waals surface area contributed by atoms with Crippen LogP contribution in [0.1, 0.15) is 11.4 Å². The van der Waals surface area contributed by atoms with Gasteiger partial charge >= 0.3 is 5.97 Å². The lowest BCUT2D eigenvalue weighted by Crippen LogP contribution is -2.06. The molecule has 2 N–H and O–H groups in total. The lowest BCUT2D eigenvalue weighted by atomic mass is 10.2. The van der Waals surface area contributed by atoms with Gasteiger partial charge in [-0.1, -0.05) is 24.3 Å². The number of nitrogens with one attached hydrogen (secondary N) is 1. The van der Waals surface area contributed by atoms with Gasteiger partial charge in [0.1, 0.15) is 24.1 Å². The molecule has 3 rings (SSSR count). The summed E-state index contributed by atoms with van der Waals surface area (Å²) in [6.07, 6.45) is 2.49. The normalized spacial score (nSPS) is 12.0. The van der Waals surface area contributed by atoms with Crippen molar-refractivity contribution in [1.82, 2.24) is 9.97 Å². The molecule has 0 saturated heterocycles. The van der Waals surface area contributed by atoms with E-state index in [4.69, 9.17) is 4.74 Å². The molecule has 1 heterocycles. The number of nitriles is 1. The number of hydrogen-bond acceptors (Lipinski definition) is 5. The Kier molecular flexibility index (Phi) is 5.28. The number of carbonyl (C=O) groups excluding carboxylic acids is 1. The first kappa shape index (κ1) is 17.9. The van der Waals surface area contributed by atoms with Gasteiger partial charge in [-0.25, -0.2) is 14.2 Å². The van der Waals surface area contributed by atoms with Gasteiger partial charge in [0.2, 0.25) is 0 Å². The maximum absolute atomic E-state index is 13.1. The fraction of sp³-hybridized carbons (Fsp3) is 0.0500. The number of carbonyl (C=O) groups is 1. The average molecular weight is 363 g/mol. The molecule has 6 nitrogen and oxygen atoms in total. The summed E-state index contributed by atoms with van der Waals surface area (Å²) in [6.45, 7) is -0.494. The zero-order valence-corrected chi connectivity index (χ0v) is 14.0. The third-order valence-corrected chi connectivity index (χ3v) is 3.64. The number of fused-ring (bicyclic) bond motifs is 1. The summed E-state index contributed by atoms with van der Waals surface area (Å²) in [5.41, 5.74) is 1.73. The third-order valence-electron chi connectivity index (χ3n) is 3.64. The summed E-state index contributed by atoms with van der Waals surface area (Å²) < 4.78 is 18.0. The number of hydrogen-bond donors (Lipinski definition) is 2. The number of esters is 1. The molecule has 134 valence electrons. The van der Waals surface area contributed by atoms with Crippen LogP contribution in [0.25, 0.3) is 22.7 Å². The molecule has 0 atom stereocenters. The minimum Gasteiger partial charge on any atom is -0.507 e. The molecule has 2 aromatic carbocycles. The topological polar surface area (TPSA) is 99.0 Å². The molecule has 0 bridgehead atoms. The quantitative estimate of drug-likeness (QED) is 0.311. The summed E-state index contributed by atoms with van der Waals surface area (Å²) in [7, 11) is 0. The largest absolute Gasteiger partial charge is 0.507 e. The Morgan fingerprint density at radius 1 is 1.30 bits per heavy atom. The van der Waals surface area contributed by atoms with E-state index in [-0.39, 0.29) is 11.4 Å². The van der Waals surface area contributed by atoms with Crippen molar-refractivity contribution in [2.75, 3.05) is 6.61 Å². The number of aliphatic hydroxyl groups excluding tert-OH is 1. The van der Waals surface area contributed by atoms with E-state index < -0.39 is 24.2 Å². The van der Waals surface area contributed by atoms with Gasteiger partial charge in [0.15, 0.2) is 11.6 Å². The van der Waals surface area contributed by atoms with Gasteiger partial charge in [0.25, 0.3) is 0 Å². The number of rotatable bonds is 5. The van der Waals surface area contributed by atoms with Crippen LogP contribution in [0.15, 0.2) is 60.4 Å². The maximum atomic E-state index is 13.1. The SMILES string of the molecule is N#C/C(=C(\O)COC(=O)/C=C/c1cccc(F)c1)c1nc2ccccc2[nH]1. The molecule has 0 radical (unpaired) electrons. The molecule has 0 saturated carbocycles. The number of aliphatic hydroxyl groups is 1. The van der Waals surface area contributed by atoms with E-state index in [2.05, 4.69) is 9.97 Å². The zero-order chi connectivity index (χ0) is 19.2. The van der Waals surface area contributed by atoms with Crippen molar-refractivity contribution in [3.8, 4) is 6.07 Å². The van der Waals surface area contributed by atoms with Crippen LogP contribution in [0.2, 0.25) is 0 Å². The van der Waals surface area contributed by atoms with Crippen molar-refractivity contribution in [2.24, 2.45) is 0 Å². The molecule has 0 fully saturated rings. The van der Waals surface area contributed by atoms with Gasteiger partial charge in [0, 0.05) is 6.08 Å². The molecule has 27 heavy (non-hydrogen) atoms. The number of H-pyrrole nitrogens is 1. The summed E-state index contributed by atoms with van der Waals surface area (Å²) in [4.78, 5) is 18.9. The number of allylic oxidation sites excluding steroid dienone is 1. The summed E-state index contributed by atoms with van der Waals surface area (Å²) in [5, 5.41) is 19.4. The van der Waals surface area contributed by atoms with E-state index in [1.165, 1.54) is 24.3 Å². The predicted molar refractivity (Wildman–Crippen MR) is 97.6 cm³/mol. The highest BCUT2D eigenvalue weighted by Crippen LogP contribution is 2.18. The van der Waals surface area contributed by atoms with Gasteiger partial charge in [-0.15, -0.1) is 0 Å². The van der Waals surface area contributed by atoms with Crippen LogP contribution in [-0.2, 0) is 9.53 Å². The number of para-hydroxylation sites is 2. The number of nitrogens with zero attached hydrogens (tertiary/aromatic N) is 2. The van der Waals surface area contributed by atoms with Crippen molar-refractivity contribution in [3.05, 3.63) is 77.6 Å². The van der Waals surface area contributed by atoms with E-state index in [1.54, 1.807) is 24.3 Å². The maximum Gasteiger partial charge on any atom is 0.331 e. The van der Waals surface area contributed by atoms with Crippen LogP contribution in [0.4, 0.5) is 4.39 Å². The van der Waals surface area contributed by atoms with Gasteiger partial charge < -0.3 is 14.8 Å². The van der Waals surface area contributed by atoms with Crippen LogP contribution >= 0.6 is 0 Å². The monoisotopic (exact) mass is 363 g/mol. The molecule has 0 aliphatic carbocycles. The number of benzene rings is 2. The molecule has 0 aliphatic heterocycles. The number of ether oxygens (including phenoxy) is 1. The number of imidazole rings is 1. The lowest BCUT2D eigenvalue weighted by Gasteiger charge is -2.03. The van der Waals surface area contributed by atoms with Crippen LogP contribution in [0, 0.1) is 17.1 Å². The molecule has 0 unspecified atom stereocenters. The fourth-order valence-corrected chi connectivity index (χ4v) is 2.36. The first-order valence-electron chi connectivity index (χ1n) is 7.94. The van der Waals surface area contributed by atoms with Crippen molar-refractivity contribution < 1.29 is 19.0 Å². The minimum atomic E-state index is -0.743. The Hall–Kier alpha value is -3.92. The molecule has 0 aliphatic rings. The Balaban J connectivity index is 1.69. The second kappa shape index (κ2) is 7.97. The van der Waals surface area contributed by atoms with Crippen LogP contribution in [0.3, 0.4) is 0 Å². The smallest absolute Gasteiger partial charge is 0.331 e. The fourth-order valence-electron chi connectivity index (χ4n) is 2.36. The van der Waals surface area contributed by atoms with Crippen LogP contribution in [0.5, 0.6) is 0 Å². The molecular weight excluding hydrogens is 349 g/mol. The average Bonchev–Trinajstić information content (AvgIpc) is 3.09. The van der Waals surface area contributed by atoms with Crippen LogP contribution < -0.4 is 0 Å². The van der Waals surface area contributed by atoms with Gasteiger partial charge in [0.05, 0.1) is 11.0 Å². The highest BCUT2D eigenvalue weighted by molar-refractivity contribution is 5.87. The summed E-state index contributed by atoms with van der Waals surface area (Å²) >= 11 is 0. The standard InChI is InChI=1S/C20H14FN3O3/c21-14-5-3-4-13(10-14)8-9-19(26)27-12-18(25)15(11-22)20-23-16-6-1-2-7-17(16)24-20/h1-10,25H,12H2,(H,23,24)/b9-8+,18-15+. The predicted octanol–water partition coefficient (Wildman–Crippen LogP) is 3.75. The van der Waals surface area contributed by atoms with E-state index in [1.807, 2.05) is 12.1 Å². The van der Waals surface area contributed by atoms with Crippen molar-refractivity contribution in [1.29, 1.82) is 5.26 Å². The Bertz CT molecular complexity index is 1060. The van der Waals surface area contributed by atoms with Crippen LogP contribution in [-0.4, -0.2) is 27.7 Å². The second-order valence-electron chi connectivity index (χ2n) is 5.53. The lowest BCUT2D eigenvalue weighted by molar-refractivity contribution is -0.137. The van der Waals surface area contributed by atoms with Crippen molar-refractivity contribution in [3.63, 3.8) is 0 Å². The Labute approximate surface area is 153 Å². The zero-order valence-electron chi connectivity index (χ0n) is 14.0. The molecule has 0 amide bonds. The molecule has 3 aromatic rings. The Morgan fingerprint density at radius 2 is 2.11 bits per heavy atom. The third kappa shape index (κ3) is 4.38. The molecule has 7 heteroatoms. The molecule has 1 aromatic heterocycles. The highest BCUT2D eigenvalue weighted by atomic mass is 19.1. The Morgan fingerprint density at radius 3 is 2.85 bits per heavy atom. The van der Waals surface area contributed by atoms with E-state index >= 15 is 0 Å². The summed E-state index contributed by atoms with van der Waals surface area (Å²) in [6, 6.07) is 14.7. The minimum absolute atomic E-state index is 0.117. The first-order chi connectivity index (χ1) is 13.1. The number of halogens is 1. The van der Waals surface area contributed by atoms with E-state index in [0.29, 0.717) is 16.6 Å². The number of aromatic nitrogens is 2.